The van der Waals surface area contributed by atoms with Crippen LogP contribution in [0.1, 0.15) is 19.4 Å². The van der Waals surface area contributed by atoms with E-state index >= 15 is 0 Å². The number of amides is 1. The van der Waals surface area contributed by atoms with Crippen LogP contribution < -0.4 is 16.2 Å². The Hall–Kier alpha value is -1.60. The van der Waals surface area contributed by atoms with Gasteiger partial charge in [0.1, 0.15) is 6.04 Å². The van der Waals surface area contributed by atoms with Crippen molar-refractivity contribution in [2.45, 2.75) is 25.6 Å². The fourth-order valence-electron chi connectivity index (χ4n) is 1.63. The first kappa shape index (κ1) is 15.5. The van der Waals surface area contributed by atoms with E-state index in [0.29, 0.717) is 11.3 Å². The van der Waals surface area contributed by atoms with Gasteiger partial charge in [0.25, 0.3) is 0 Å². The number of hydrogen-bond donors (Lipinski definition) is 3. The number of anilines is 1. The third-order valence-electron chi connectivity index (χ3n) is 2.68. The Labute approximate surface area is 113 Å². The molecule has 6 nitrogen and oxygen atoms in total. The predicted molar refractivity (Wildman–Crippen MR) is 74.4 cm³/mol. The van der Waals surface area contributed by atoms with Gasteiger partial charge >= 0.3 is 0 Å². The highest BCUT2D eigenvalue weighted by molar-refractivity contribution is 7.88. The Morgan fingerprint density at radius 3 is 2.37 bits per heavy atom. The van der Waals surface area contributed by atoms with Crippen LogP contribution in [0.5, 0.6) is 0 Å². The SMILES string of the molecule is CC(C)C(NS(=O)(=O)Cc1ccccc1N)C(N)=O. The minimum absolute atomic E-state index is 0.222. The largest absolute Gasteiger partial charge is 0.398 e. The van der Waals surface area contributed by atoms with E-state index in [0.717, 1.165) is 0 Å². The second-order valence-electron chi connectivity index (χ2n) is 4.70. The molecule has 5 N–H and O–H groups in total. The molecular formula is C12H19N3O3S. The van der Waals surface area contributed by atoms with E-state index in [1.807, 2.05) is 0 Å². The van der Waals surface area contributed by atoms with Crippen molar-refractivity contribution >= 4 is 21.6 Å². The topological polar surface area (TPSA) is 115 Å². The maximum absolute atomic E-state index is 12.0. The van der Waals surface area contributed by atoms with Crippen molar-refractivity contribution in [2.24, 2.45) is 11.7 Å². The minimum Gasteiger partial charge on any atom is -0.398 e. The maximum Gasteiger partial charge on any atom is 0.235 e. The van der Waals surface area contributed by atoms with Gasteiger partial charge in [-0.1, -0.05) is 32.0 Å². The molecule has 1 aromatic rings. The van der Waals surface area contributed by atoms with Crippen LogP contribution in [-0.4, -0.2) is 20.4 Å². The van der Waals surface area contributed by atoms with Crippen LogP contribution in [0.2, 0.25) is 0 Å². The molecule has 1 aromatic carbocycles. The number of carbonyl (C=O) groups excluding carboxylic acids is 1. The third-order valence-corrected chi connectivity index (χ3v) is 3.98. The van der Waals surface area contributed by atoms with E-state index in [1.54, 1.807) is 38.1 Å². The van der Waals surface area contributed by atoms with Crippen LogP contribution in [0.4, 0.5) is 5.69 Å². The molecule has 0 heterocycles. The molecule has 106 valence electrons. The van der Waals surface area contributed by atoms with Gasteiger partial charge in [0.15, 0.2) is 0 Å². The lowest BCUT2D eigenvalue weighted by molar-refractivity contribution is -0.120. The number of nitrogens with two attached hydrogens (primary N) is 2. The number of sulfonamides is 1. The summed E-state index contributed by atoms with van der Waals surface area (Å²) < 4.78 is 26.3. The summed E-state index contributed by atoms with van der Waals surface area (Å²) in [6, 6.07) is 5.76. The number of rotatable bonds is 6. The highest BCUT2D eigenvalue weighted by atomic mass is 32.2. The molecule has 0 aromatic heterocycles. The van der Waals surface area contributed by atoms with E-state index in [1.165, 1.54) is 0 Å². The summed E-state index contributed by atoms with van der Waals surface area (Å²) in [6.45, 7) is 3.43. The Kier molecular flexibility index (Phi) is 4.90. The molecule has 0 saturated heterocycles. The molecule has 1 atom stereocenters. The molecule has 1 unspecified atom stereocenters. The molecular weight excluding hydrogens is 266 g/mol. The summed E-state index contributed by atoms with van der Waals surface area (Å²) in [5.74, 6) is -1.20. The number of carbonyl (C=O) groups is 1. The monoisotopic (exact) mass is 285 g/mol. The quantitative estimate of drug-likeness (QED) is 0.647. The first-order valence-electron chi connectivity index (χ1n) is 5.85. The molecule has 0 spiro atoms. The van der Waals surface area contributed by atoms with Gasteiger partial charge in [-0.25, -0.2) is 13.1 Å². The van der Waals surface area contributed by atoms with Crippen LogP contribution in [0.15, 0.2) is 24.3 Å². The zero-order valence-corrected chi connectivity index (χ0v) is 11.8. The molecule has 0 saturated carbocycles. The van der Waals surface area contributed by atoms with Crippen molar-refractivity contribution in [3.05, 3.63) is 29.8 Å². The lowest BCUT2D eigenvalue weighted by Gasteiger charge is -2.19. The number of nitrogen functional groups attached to an aromatic ring is 1. The first-order chi connectivity index (χ1) is 8.73. The molecule has 0 aliphatic rings. The van der Waals surface area contributed by atoms with E-state index in [4.69, 9.17) is 11.5 Å². The number of nitrogens with one attached hydrogen (secondary N) is 1. The average molecular weight is 285 g/mol. The lowest BCUT2D eigenvalue weighted by Crippen LogP contribution is -2.47. The molecule has 0 radical (unpaired) electrons. The van der Waals surface area contributed by atoms with E-state index < -0.39 is 22.0 Å². The Bertz CT molecular complexity index is 555. The molecule has 0 bridgehead atoms. The minimum atomic E-state index is -3.68. The van der Waals surface area contributed by atoms with Crippen LogP contribution in [0.25, 0.3) is 0 Å². The summed E-state index contributed by atoms with van der Waals surface area (Å²) in [6.07, 6.45) is 0. The molecule has 1 amide bonds. The smallest absolute Gasteiger partial charge is 0.235 e. The van der Waals surface area contributed by atoms with Crippen molar-refractivity contribution < 1.29 is 13.2 Å². The van der Waals surface area contributed by atoms with Gasteiger partial charge in [-0.3, -0.25) is 4.79 Å². The van der Waals surface area contributed by atoms with Gasteiger partial charge in [-0.05, 0) is 17.5 Å². The molecule has 1 rings (SSSR count). The van der Waals surface area contributed by atoms with Gasteiger partial charge in [0.05, 0.1) is 5.75 Å². The van der Waals surface area contributed by atoms with Crippen LogP contribution >= 0.6 is 0 Å². The molecule has 0 aliphatic carbocycles. The summed E-state index contributed by atoms with van der Waals surface area (Å²) >= 11 is 0. The lowest BCUT2D eigenvalue weighted by atomic mass is 10.1. The second-order valence-corrected chi connectivity index (χ2v) is 6.45. The third kappa shape index (κ3) is 4.53. The average Bonchev–Trinajstić information content (AvgIpc) is 2.28. The Morgan fingerprint density at radius 2 is 1.89 bits per heavy atom. The van der Waals surface area contributed by atoms with Crippen molar-refractivity contribution in [3.63, 3.8) is 0 Å². The molecule has 0 aliphatic heterocycles. The van der Waals surface area contributed by atoms with Gasteiger partial charge in [-0.15, -0.1) is 0 Å². The van der Waals surface area contributed by atoms with E-state index in [9.17, 15) is 13.2 Å². The van der Waals surface area contributed by atoms with Crippen molar-refractivity contribution in [2.75, 3.05) is 5.73 Å². The van der Waals surface area contributed by atoms with Crippen LogP contribution in [0, 0.1) is 5.92 Å². The number of para-hydroxylation sites is 1. The molecule has 19 heavy (non-hydrogen) atoms. The Morgan fingerprint density at radius 1 is 1.32 bits per heavy atom. The summed E-state index contributed by atoms with van der Waals surface area (Å²) in [7, 11) is -3.68. The van der Waals surface area contributed by atoms with Crippen molar-refractivity contribution in [1.82, 2.24) is 4.72 Å². The summed E-state index contributed by atoms with van der Waals surface area (Å²) in [4.78, 5) is 11.2. The maximum atomic E-state index is 12.0. The summed E-state index contributed by atoms with van der Waals surface area (Å²) in [5, 5.41) is 0. The summed E-state index contributed by atoms with van der Waals surface area (Å²) in [5.41, 5.74) is 11.8. The number of primary amides is 1. The van der Waals surface area contributed by atoms with Gasteiger partial charge in [0.2, 0.25) is 15.9 Å². The fraction of sp³-hybridized carbons (Fsp3) is 0.417. The van der Waals surface area contributed by atoms with Gasteiger partial charge in [0, 0.05) is 5.69 Å². The number of benzene rings is 1. The second kappa shape index (κ2) is 6.03. The van der Waals surface area contributed by atoms with Gasteiger partial charge in [-0.2, -0.15) is 0 Å². The highest BCUT2D eigenvalue weighted by Crippen LogP contribution is 2.14. The van der Waals surface area contributed by atoms with Crippen LogP contribution in [0.3, 0.4) is 0 Å². The van der Waals surface area contributed by atoms with Gasteiger partial charge < -0.3 is 11.5 Å². The van der Waals surface area contributed by atoms with E-state index in [-0.39, 0.29) is 11.7 Å². The highest BCUT2D eigenvalue weighted by Gasteiger charge is 2.25. The predicted octanol–water partition coefficient (Wildman–Crippen LogP) is 0.198. The fourth-order valence-corrected chi connectivity index (χ4v) is 3.16. The number of hydrogen-bond acceptors (Lipinski definition) is 4. The first-order valence-corrected chi connectivity index (χ1v) is 7.51. The van der Waals surface area contributed by atoms with Crippen LogP contribution in [-0.2, 0) is 20.6 Å². The zero-order valence-electron chi connectivity index (χ0n) is 11.0. The standard InChI is InChI=1S/C12H19N3O3S/c1-8(2)11(12(14)16)15-19(17,18)7-9-5-3-4-6-10(9)13/h3-6,8,11,15H,7,13H2,1-2H3,(H2,14,16). The Balaban J connectivity index is 2.88. The normalized spacial score (nSPS) is 13.4. The van der Waals surface area contributed by atoms with Crippen molar-refractivity contribution in [3.8, 4) is 0 Å². The molecule has 0 fully saturated rings. The molecule has 7 heteroatoms. The zero-order chi connectivity index (χ0) is 14.6. The van der Waals surface area contributed by atoms with E-state index in [2.05, 4.69) is 4.72 Å². The van der Waals surface area contributed by atoms with Crippen molar-refractivity contribution in [1.29, 1.82) is 0 Å².